The van der Waals surface area contributed by atoms with Crippen molar-refractivity contribution in [1.82, 2.24) is 0 Å². The van der Waals surface area contributed by atoms with Gasteiger partial charge in [0.2, 0.25) is 0 Å². The molecule has 8 nitrogen and oxygen atoms in total. The van der Waals surface area contributed by atoms with Gasteiger partial charge in [0.25, 0.3) is 0 Å². The van der Waals surface area contributed by atoms with Crippen molar-refractivity contribution in [2.75, 3.05) is 41.0 Å². The van der Waals surface area contributed by atoms with E-state index >= 15 is 0 Å². The van der Waals surface area contributed by atoms with Crippen LogP contribution in [0, 0.1) is 0 Å². The minimum Gasteiger partial charge on any atom is -0.477 e. The number of esters is 2. The molecule has 0 fully saturated rings. The van der Waals surface area contributed by atoms with Gasteiger partial charge >= 0.3 is 17.9 Å². The molecule has 0 aromatic rings. The summed E-state index contributed by atoms with van der Waals surface area (Å²) in [6.07, 6.45) is 52.0. The maximum absolute atomic E-state index is 12.7. The molecule has 0 heterocycles. The number of carboxylic acids is 1. The highest BCUT2D eigenvalue weighted by Gasteiger charge is 2.31. The Morgan fingerprint density at radius 1 is 0.534 bits per heavy atom. The number of likely N-dealkylation sites (N-methyl/N-ethyl adjacent to an activating group) is 1. The highest BCUT2D eigenvalue weighted by molar-refractivity contribution is 5.72. The van der Waals surface area contributed by atoms with Crippen LogP contribution in [0.4, 0.5) is 0 Å². The standard InChI is InChI=1S/C50H83NO7/c1-6-8-10-12-14-16-18-20-22-24-26-28-30-32-34-36-38-40-48(52)57-45-46(44-56-43-42-47(50(54)55)51(3,4)5)58-49(53)41-39-37-35-33-31-29-27-25-23-21-19-17-15-13-11-9-7-2/h9,11,14-17,20-23,27,29,33,35,46-47H,6-8,10,12-13,18-19,24-26,28,30-32,34,36-45H2,1-5H3/p+1/b11-9+,16-14+,17-15+,22-20+,23-21+,29-27+,35-33+. The van der Waals surface area contributed by atoms with Crippen molar-refractivity contribution in [3.05, 3.63) is 85.1 Å². The molecular weight excluding hydrogens is 727 g/mol. The van der Waals surface area contributed by atoms with Crippen LogP contribution in [-0.2, 0) is 28.6 Å². The van der Waals surface area contributed by atoms with Crippen molar-refractivity contribution >= 4 is 17.9 Å². The fourth-order valence-electron chi connectivity index (χ4n) is 6.04. The van der Waals surface area contributed by atoms with E-state index in [0.29, 0.717) is 19.3 Å². The van der Waals surface area contributed by atoms with Gasteiger partial charge in [-0.25, -0.2) is 4.79 Å². The molecule has 0 saturated heterocycles. The molecule has 330 valence electrons. The second-order valence-electron chi connectivity index (χ2n) is 15.9. The van der Waals surface area contributed by atoms with Gasteiger partial charge in [-0.05, 0) is 83.5 Å². The SMILES string of the molecule is CC/C=C/C/C=C/C/C=C/C/C=C/C/C=C/CCCC(=O)OC(COCCC(C(=O)O)[N+](C)(C)C)COC(=O)CCCCCCCCC/C=C/C/C=C/CCCCC. The minimum absolute atomic E-state index is 0.0310. The first kappa shape index (κ1) is 54.5. The van der Waals surface area contributed by atoms with Crippen molar-refractivity contribution in [3.63, 3.8) is 0 Å². The van der Waals surface area contributed by atoms with Crippen molar-refractivity contribution in [2.24, 2.45) is 0 Å². The Morgan fingerprint density at radius 3 is 1.48 bits per heavy atom. The molecule has 0 aliphatic carbocycles. The quantitative estimate of drug-likeness (QED) is 0.0286. The summed E-state index contributed by atoms with van der Waals surface area (Å²) in [4.78, 5) is 37.0. The number of nitrogens with zero attached hydrogens (tertiary/aromatic N) is 1. The molecule has 2 atom stereocenters. The molecule has 0 aliphatic rings. The van der Waals surface area contributed by atoms with Crippen molar-refractivity contribution < 1.29 is 38.2 Å². The maximum atomic E-state index is 12.7. The highest BCUT2D eigenvalue weighted by atomic mass is 16.6. The zero-order valence-corrected chi connectivity index (χ0v) is 37.5. The Labute approximate surface area is 354 Å². The van der Waals surface area contributed by atoms with Gasteiger partial charge in [-0.1, -0.05) is 144 Å². The molecule has 2 unspecified atom stereocenters. The summed E-state index contributed by atoms with van der Waals surface area (Å²) in [7, 11) is 5.50. The third-order valence-electron chi connectivity index (χ3n) is 9.53. The van der Waals surface area contributed by atoms with Crippen molar-refractivity contribution in [3.8, 4) is 0 Å². The lowest BCUT2D eigenvalue weighted by molar-refractivity contribution is -0.887. The second kappa shape index (κ2) is 40.3. The predicted octanol–water partition coefficient (Wildman–Crippen LogP) is 12.5. The second-order valence-corrected chi connectivity index (χ2v) is 15.9. The zero-order valence-electron chi connectivity index (χ0n) is 37.5. The number of ether oxygens (including phenoxy) is 3. The summed E-state index contributed by atoms with van der Waals surface area (Å²) in [5.41, 5.74) is 0. The fraction of sp³-hybridized carbons (Fsp3) is 0.660. The van der Waals surface area contributed by atoms with Crippen LogP contribution in [0.25, 0.3) is 0 Å². The molecule has 8 heteroatoms. The molecule has 0 spiro atoms. The Morgan fingerprint density at radius 2 is 0.983 bits per heavy atom. The fourth-order valence-corrected chi connectivity index (χ4v) is 6.04. The largest absolute Gasteiger partial charge is 0.477 e. The lowest BCUT2D eigenvalue weighted by Crippen LogP contribution is -2.50. The number of carbonyl (C=O) groups is 3. The van der Waals surface area contributed by atoms with Crippen LogP contribution >= 0.6 is 0 Å². The lowest BCUT2D eigenvalue weighted by Gasteiger charge is -2.31. The Balaban J connectivity index is 4.45. The predicted molar refractivity (Wildman–Crippen MR) is 243 cm³/mol. The first-order chi connectivity index (χ1) is 28.1. The summed E-state index contributed by atoms with van der Waals surface area (Å²) in [6, 6.07) is -0.630. The number of aliphatic carboxylic acids is 1. The van der Waals surface area contributed by atoms with E-state index in [1.165, 1.54) is 51.4 Å². The monoisotopic (exact) mass is 811 g/mol. The molecule has 58 heavy (non-hydrogen) atoms. The topological polar surface area (TPSA) is 99.1 Å². The molecule has 0 aliphatic heterocycles. The Hall–Kier alpha value is -3.49. The number of hydrogen-bond donors (Lipinski definition) is 1. The van der Waals surface area contributed by atoms with Crippen LogP contribution in [0.2, 0.25) is 0 Å². The molecule has 0 radical (unpaired) electrons. The van der Waals surface area contributed by atoms with Crippen LogP contribution < -0.4 is 0 Å². The number of unbranched alkanes of at least 4 members (excludes halogenated alkanes) is 11. The molecule has 0 aromatic heterocycles. The van der Waals surface area contributed by atoms with Gasteiger partial charge < -0.3 is 23.8 Å². The van der Waals surface area contributed by atoms with E-state index in [1.54, 1.807) is 0 Å². The Kier molecular flexibility index (Phi) is 37.9. The summed E-state index contributed by atoms with van der Waals surface area (Å²) in [6.45, 7) is 4.51. The smallest absolute Gasteiger partial charge is 0.362 e. The number of allylic oxidation sites excluding steroid dienone is 14. The highest BCUT2D eigenvalue weighted by Crippen LogP contribution is 2.13. The summed E-state index contributed by atoms with van der Waals surface area (Å²) < 4.78 is 17.2. The molecule has 0 bridgehead atoms. The third-order valence-corrected chi connectivity index (χ3v) is 9.53. The van der Waals surface area contributed by atoms with E-state index < -0.39 is 18.1 Å². The maximum Gasteiger partial charge on any atom is 0.362 e. The summed E-state index contributed by atoms with van der Waals surface area (Å²) in [5.74, 6) is -1.56. The van der Waals surface area contributed by atoms with E-state index in [-0.39, 0.29) is 42.7 Å². The van der Waals surface area contributed by atoms with Gasteiger partial charge in [0.05, 0.1) is 34.4 Å². The van der Waals surface area contributed by atoms with Gasteiger partial charge in [0.15, 0.2) is 12.1 Å². The van der Waals surface area contributed by atoms with Gasteiger partial charge in [-0.15, -0.1) is 0 Å². The van der Waals surface area contributed by atoms with E-state index in [1.807, 2.05) is 21.1 Å². The van der Waals surface area contributed by atoms with Crippen molar-refractivity contribution in [1.29, 1.82) is 0 Å². The molecular formula is C50H84NO7+. The van der Waals surface area contributed by atoms with Gasteiger partial charge in [0.1, 0.15) is 6.61 Å². The summed E-state index contributed by atoms with van der Waals surface area (Å²) >= 11 is 0. The van der Waals surface area contributed by atoms with Crippen molar-refractivity contribution in [2.45, 2.75) is 174 Å². The first-order valence-electron chi connectivity index (χ1n) is 22.6. The number of quaternary nitrogens is 1. The van der Waals surface area contributed by atoms with Crippen LogP contribution in [0.15, 0.2) is 85.1 Å². The number of hydrogen-bond acceptors (Lipinski definition) is 6. The molecule has 1 N–H and O–H groups in total. The van der Waals surface area contributed by atoms with E-state index in [2.05, 4.69) is 98.9 Å². The average molecular weight is 811 g/mol. The van der Waals surface area contributed by atoms with Gasteiger partial charge in [-0.3, -0.25) is 9.59 Å². The first-order valence-corrected chi connectivity index (χ1v) is 22.6. The Bertz CT molecular complexity index is 1220. The van der Waals surface area contributed by atoms with Crippen LogP contribution in [0.1, 0.15) is 162 Å². The van der Waals surface area contributed by atoms with E-state index in [4.69, 9.17) is 14.2 Å². The molecule has 0 saturated carbocycles. The molecule has 0 aromatic carbocycles. The van der Waals surface area contributed by atoms with Gasteiger partial charge in [-0.2, -0.15) is 0 Å². The number of carbonyl (C=O) groups excluding carboxylic acids is 2. The number of rotatable bonds is 39. The summed E-state index contributed by atoms with van der Waals surface area (Å²) in [5, 5.41) is 9.62. The van der Waals surface area contributed by atoms with E-state index in [0.717, 1.165) is 70.6 Å². The van der Waals surface area contributed by atoms with Crippen LogP contribution in [-0.4, -0.2) is 80.6 Å². The minimum atomic E-state index is -0.889. The number of carboxylic acid groups (broad SMARTS) is 1. The normalized spacial score (nSPS) is 13.7. The average Bonchev–Trinajstić information content (AvgIpc) is 3.18. The van der Waals surface area contributed by atoms with Gasteiger partial charge in [0, 0.05) is 19.3 Å². The van der Waals surface area contributed by atoms with Crippen LogP contribution in [0.3, 0.4) is 0 Å². The third kappa shape index (κ3) is 38.1. The van der Waals surface area contributed by atoms with Crippen LogP contribution in [0.5, 0.6) is 0 Å². The molecule has 0 amide bonds. The zero-order chi connectivity index (χ0) is 42.8. The molecule has 0 rings (SSSR count). The van der Waals surface area contributed by atoms with E-state index in [9.17, 15) is 19.5 Å². The lowest BCUT2D eigenvalue weighted by atomic mass is 10.1.